The molecule has 0 bridgehead atoms. The SMILES string of the molecule is COC(=O)c1ccc([C@@H]2Nc3ccc(OC)cc3C3OCCC32)cc1. The highest BCUT2D eigenvalue weighted by atomic mass is 16.5. The van der Waals surface area contributed by atoms with Crippen LogP contribution in [0.3, 0.4) is 0 Å². The van der Waals surface area contributed by atoms with Crippen molar-refractivity contribution in [3.63, 3.8) is 0 Å². The van der Waals surface area contributed by atoms with Gasteiger partial charge in [0.15, 0.2) is 0 Å². The molecule has 130 valence electrons. The van der Waals surface area contributed by atoms with E-state index in [1.165, 1.54) is 7.11 Å². The fourth-order valence-corrected chi connectivity index (χ4v) is 3.85. The minimum Gasteiger partial charge on any atom is -0.497 e. The van der Waals surface area contributed by atoms with Crippen molar-refractivity contribution in [3.8, 4) is 5.75 Å². The number of anilines is 1. The predicted octanol–water partition coefficient (Wildman–Crippen LogP) is 3.73. The molecule has 2 aliphatic heterocycles. The lowest BCUT2D eigenvalue weighted by Crippen LogP contribution is -2.29. The van der Waals surface area contributed by atoms with Crippen LogP contribution in [-0.2, 0) is 9.47 Å². The highest BCUT2D eigenvalue weighted by molar-refractivity contribution is 5.89. The minimum absolute atomic E-state index is 0.0663. The number of carbonyl (C=O) groups is 1. The van der Waals surface area contributed by atoms with Crippen molar-refractivity contribution in [2.24, 2.45) is 5.92 Å². The third-order valence-electron chi connectivity index (χ3n) is 5.13. The summed E-state index contributed by atoms with van der Waals surface area (Å²) in [6.45, 7) is 0.754. The molecular weight excluding hydrogens is 318 g/mol. The molecule has 0 radical (unpaired) electrons. The predicted molar refractivity (Wildman–Crippen MR) is 93.9 cm³/mol. The number of methoxy groups -OCH3 is 2. The highest BCUT2D eigenvalue weighted by Crippen LogP contribution is 2.50. The van der Waals surface area contributed by atoms with Crippen molar-refractivity contribution >= 4 is 11.7 Å². The molecule has 4 rings (SSSR count). The van der Waals surface area contributed by atoms with Gasteiger partial charge in [-0.25, -0.2) is 4.79 Å². The molecule has 25 heavy (non-hydrogen) atoms. The van der Waals surface area contributed by atoms with Crippen molar-refractivity contribution in [1.29, 1.82) is 0 Å². The lowest BCUT2D eigenvalue weighted by atomic mass is 9.81. The second-order valence-corrected chi connectivity index (χ2v) is 6.43. The molecule has 0 amide bonds. The summed E-state index contributed by atoms with van der Waals surface area (Å²) in [5.74, 6) is 0.877. The molecule has 0 saturated carbocycles. The standard InChI is InChI=1S/C20H21NO4/c1-23-14-7-8-17-16(11-14)19-15(9-10-25-19)18(21-17)12-3-5-13(6-4-12)20(22)24-2/h3-8,11,15,18-19,21H,9-10H2,1-2H3/t15?,18-,19?/m0/s1. The molecule has 1 N–H and O–H groups in total. The number of carbonyl (C=O) groups excluding carboxylic acids is 1. The van der Waals surface area contributed by atoms with Gasteiger partial charge in [-0.05, 0) is 42.3 Å². The van der Waals surface area contributed by atoms with Crippen LogP contribution in [0.1, 0.15) is 40.1 Å². The van der Waals surface area contributed by atoms with Crippen LogP contribution in [0.4, 0.5) is 5.69 Å². The average Bonchev–Trinajstić information content (AvgIpc) is 3.16. The second-order valence-electron chi connectivity index (χ2n) is 6.43. The summed E-state index contributed by atoms with van der Waals surface area (Å²) in [6, 6.07) is 13.8. The molecule has 3 atom stereocenters. The monoisotopic (exact) mass is 339 g/mol. The molecule has 2 aromatic carbocycles. The van der Waals surface area contributed by atoms with Gasteiger partial charge < -0.3 is 19.5 Å². The molecule has 2 aromatic rings. The van der Waals surface area contributed by atoms with E-state index in [9.17, 15) is 4.79 Å². The zero-order valence-electron chi connectivity index (χ0n) is 14.3. The van der Waals surface area contributed by atoms with E-state index in [0.29, 0.717) is 11.5 Å². The molecule has 2 unspecified atom stereocenters. The Morgan fingerprint density at radius 3 is 2.68 bits per heavy atom. The van der Waals surface area contributed by atoms with Gasteiger partial charge in [0.25, 0.3) is 0 Å². The lowest BCUT2D eigenvalue weighted by Gasteiger charge is -2.36. The van der Waals surface area contributed by atoms with Crippen LogP contribution in [0.25, 0.3) is 0 Å². The van der Waals surface area contributed by atoms with Crippen LogP contribution in [-0.4, -0.2) is 26.8 Å². The normalized spacial score (nSPS) is 24.0. The molecular formula is C20H21NO4. The first-order valence-electron chi connectivity index (χ1n) is 8.45. The van der Waals surface area contributed by atoms with E-state index in [-0.39, 0.29) is 18.1 Å². The molecule has 0 spiro atoms. The Kier molecular flexibility index (Phi) is 4.09. The molecule has 0 aromatic heterocycles. The largest absolute Gasteiger partial charge is 0.497 e. The summed E-state index contributed by atoms with van der Waals surface area (Å²) < 4.78 is 16.2. The van der Waals surface area contributed by atoms with Crippen molar-refractivity contribution in [2.75, 3.05) is 26.1 Å². The Morgan fingerprint density at radius 1 is 1.16 bits per heavy atom. The van der Waals surface area contributed by atoms with E-state index in [1.807, 2.05) is 36.4 Å². The third kappa shape index (κ3) is 2.74. The van der Waals surface area contributed by atoms with Gasteiger partial charge in [-0.15, -0.1) is 0 Å². The summed E-state index contributed by atoms with van der Waals surface area (Å²) in [5.41, 5.74) is 3.94. The van der Waals surface area contributed by atoms with Gasteiger partial charge in [-0.3, -0.25) is 0 Å². The van der Waals surface area contributed by atoms with E-state index >= 15 is 0 Å². The molecule has 1 fully saturated rings. The summed E-state index contributed by atoms with van der Waals surface area (Å²) in [6.07, 6.45) is 1.06. The van der Waals surface area contributed by atoms with Crippen molar-refractivity contribution in [1.82, 2.24) is 0 Å². The first-order chi connectivity index (χ1) is 12.2. The highest BCUT2D eigenvalue weighted by Gasteiger charge is 2.41. The molecule has 2 heterocycles. The number of nitrogens with one attached hydrogen (secondary N) is 1. The van der Waals surface area contributed by atoms with Gasteiger partial charge in [0.1, 0.15) is 5.75 Å². The lowest BCUT2D eigenvalue weighted by molar-refractivity contribution is 0.0600. The number of ether oxygens (including phenoxy) is 3. The molecule has 2 aliphatic rings. The minimum atomic E-state index is -0.317. The van der Waals surface area contributed by atoms with Crippen molar-refractivity contribution < 1.29 is 19.0 Å². The fraction of sp³-hybridized carbons (Fsp3) is 0.350. The Hall–Kier alpha value is -2.53. The molecule has 5 nitrogen and oxygen atoms in total. The van der Waals surface area contributed by atoms with Crippen molar-refractivity contribution in [2.45, 2.75) is 18.6 Å². The van der Waals surface area contributed by atoms with Crippen LogP contribution >= 0.6 is 0 Å². The van der Waals surface area contributed by atoms with E-state index in [1.54, 1.807) is 7.11 Å². The Balaban J connectivity index is 1.67. The van der Waals surface area contributed by atoms with E-state index < -0.39 is 0 Å². The van der Waals surface area contributed by atoms with Gasteiger partial charge in [0.05, 0.1) is 31.9 Å². The van der Waals surface area contributed by atoms with Gasteiger partial charge >= 0.3 is 5.97 Å². The summed E-state index contributed by atoms with van der Waals surface area (Å²) in [4.78, 5) is 11.6. The van der Waals surface area contributed by atoms with Crippen LogP contribution in [0, 0.1) is 5.92 Å². The Labute approximate surface area is 146 Å². The first kappa shape index (κ1) is 16.0. The van der Waals surface area contributed by atoms with Gasteiger partial charge in [-0.2, -0.15) is 0 Å². The first-order valence-corrected chi connectivity index (χ1v) is 8.45. The maximum Gasteiger partial charge on any atom is 0.337 e. The smallest absolute Gasteiger partial charge is 0.337 e. The zero-order chi connectivity index (χ0) is 17.4. The van der Waals surface area contributed by atoms with Crippen LogP contribution in [0.2, 0.25) is 0 Å². The van der Waals surface area contributed by atoms with Gasteiger partial charge in [-0.1, -0.05) is 12.1 Å². The second kappa shape index (κ2) is 6.41. The summed E-state index contributed by atoms with van der Waals surface area (Å²) >= 11 is 0. The van der Waals surface area contributed by atoms with Crippen LogP contribution in [0.15, 0.2) is 42.5 Å². The molecule has 0 aliphatic carbocycles. The molecule has 1 saturated heterocycles. The number of benzene rings is 2. The zero-order valence-corrected chi connectivity index (χ0v) is 14.3. The number of hydrogen-bond acceptors (Lipinski definition) is 5. The van der Waals surface area contributed by atoms with E-state index in [2.05, 4.69) is 11.4 Å². The number of fused-ring (bicyclic) bond motifs is 3. The van der Waals surface area contributed by atoms with Crippen LogP contribution < -0.4 is 10.1 Å². The maximum absolute atomic E-state index is 11.6. The van der Waals surface area contributed by atoms with Gasteiger partial charge in [0.2, 0.25) is 0 Å². The number of hydrogen-bond donors (Lipinski definition) is 1. The summed E-state index contributed by atoms with van der Waals surface area (Å²) in [5, 5.41) is 3.65. The van der Waals surface area contributed by atoms with E-state index in [0.717, 1.165) is 35.6 Å². The quantitative estimate of drug-likeness (QED) is 0.864. The van der Waals surface area contributed by atoms with Crippen LogP contribution in [0.5, 0.6) is 5.75 Å². The number of esters is 1. The molecule has 5 heteroatoms. The maximum atomic E-state index is 11.6. The Bertz CT molecular complexity index is 787. The topological polar surface area (TPSA) is 56.8 Å². The Morgan fingerprint density at radius 2 is 1.96 bits per heavy atom. The number of rotatable bonds is 3. The van der Waals surface area contributed by atoms with Gasteiger partial charge in [0, 0.05) is 23.8 Å². The van der Waals surface area contributed by atoms with E-state index in [4.69, 9.17) is 14.2 Å². The summed E-state index contributed by atoms with van der Waals surface area (Å²) in [7, 11) is 3.07. The van der Waals surface area contributed by atoms with Crippen molar-refractivity contribution in [3.05, 3.63) is 59.2 Å². The third-order valence-corrected chi connectivity index (χ3v) is 5.13. The fourth-order valence-electron chi connectivity index (χ4n) is 3.85. The average molecular weight is 339 g/mol.